The van der Waals surface area contributed by atoms with Crippen molar-refractivity contribution in [2.24, 2.45) is 5.92 Å². The monoisotopic (exact) mass is 380 g/mol. The van der Waals surface area contributed by atoms with Crippen LogP contribution in [0.15, 0.2) is 23.1 Å². The Hall–Kier alpha value is -2.42. The summed E-state index contributed by atoms with van der Waals surface area (Å²) >= 11 is 0. The lowest BCUT2D eigenvalue weighted by atomic mass is 9.90. The van der Waals surface area contributed by atoms with Gasteiger partial charge in [0.15, 0.2) is 0 Å². The van der Waals surface area contributed by atoms with Crippen molar-refractivity contribution in [1.29, 1.82) is 0 Å². The average Bonchev–Trinajstić information content (AvgIpc) is 2.79. The summed E-state index contributed by atoms with van der Waals surface area (Å²) in [7, 11) is -3.95. The fourth-order valence-electron chi connectivity index (χ4n) is 3.65. The smallest absolute Gasteiger partial charge is 0.308 e. The topological polar surface area (TPSA) is 112 Å². The van der Waals surface area contributed by atoms with Crippen molar-refractivity contribution >= 4 is 27.8 Å². The second kappa shape index (κ2) is 6.39. The van der Waals surface area contributed by atoms with Crippen molar-refractivity contribution in [3.63, 3.8) is 0 Å². The number of benzene rings is 1. The molecule has 26 heavy (non-hydrogen) atoms. The molecule has 8 nitrogen and oxygen atoms in total. The van der Waals surface area contributed by atoms with Crippen molar-refractivity contribution in [1.82, 2.24) is 9.21 Å². The minimum absolute atomic E-state index is 0.0164. The summed E-state index contributed by atoms with van der Waals surface area (Å²) in [6, 6.07) is 3.50. The molecule has 0 aromatic heterocycles. The quantitative estimate of drug-likeness (QED) is 0.843. The molecule has 9 heteroatoms. The molecule has 140 valence electrons. The van der Waals surface area contributed by atoms with Crippen LogP contribution in [0.25, 0.3) is 0 Å². The van der Waals surface area contributed by atoms with Crippen LogP contribution in [0.3, 0.4) is 0 Å². The lowest BCUT2D eigenvalue weighted by molar-refractivity contribution is -0.144. The minimum atomic E-state index is -3.95. The molecule has 2 aliphatic rings. The molecule has 3 rings (SSSR count). The number of nitrogens with zero attached hydrogens (tertiary/aromatic N) is 2. The van der Waals surface area contributed by atoms with Crippen molar-refractivity contribution in [3.05, 3.63) is 29.3 Å². The van der Waals surface area contributed by atoms with Crippen LogP contribution in [-0.4, -0.2) is 59.6 Å². The Morgan fingerprint density at radius 1 is 1.31 bits per heavy atom. The number of carboxylic acid groups (broad SMARTS) is 1. The maximum absolute atomic E-state index is 12.9. The van der Waals surface area contributed by atoms with Gasteiger partial charge in [0.2, 0.25) is 0 Å². The first-order valence-electron chi connectivity index (χ1n) is 8.45. The van der Waals surface area contributed by atoms with E-state index in [2.05, 4.69) is 0 Å². The molecule has 0 aliphatic carbocycles. The lowest BCUT2D eigenvalue weighted by Crippen LogP contribution is -2.49. The molecule has 2 atom stereocenters. The zero-order valence-electron chi connectivity index (χ0n) is 14.5. The van der Waals surface area contributed by atoms with E-state index >= 15 is 0 Å². The van der Waals surface area contributed by atoms with Gasteiger partial charge in [-0.05, 0) is 44.9 Å². The fraction of sp³-hybridized carbons (Fsp3) is 0.471. The van der Waals surface area contributed by atoms with Crippen molar-refractivity contribution < 1.29 is 27.9 Å². The Kier molecular flexibility index (Phi) is 4.51. The molecule has 0 unspecified atom stereocenters. The van der Waals surface area contributed by atoms with E-state index < -0.39 is 39.8 Å². The number of carbonyl (C=O) groups excluding carboxylic acids is 2. The highest BCUT2D eigenvalue weighted by atomic mass is 32.2. The number of fused-ring (bicyclic) bond motifs is 1. The van der Waals surface area contributed by atoms with Gasteiger partial charge in [0, 0.05) is 24.7 Å². The van der Waals surface area contributed by atoms with Crippen LogP contribution in [0.1, 0.15) is 47.4 Å². The Labute approximate surface area is 151 Å². The Balaban J connectivity index is 1.96. The van der Waals surface area contributed by atoms with Crippen molar-refractivity contribution in [3.8, 4) is 0 Å². The SMILES string of the molecule is CCN1C(=O)c2ccc(C(=O)N3CCC[C@H](C(=O)O)[C@@H]3C)cc2S1(=O)=O. The first kappa shape index (κ1) is 18.4. The van der Waals surface area contributed by atoms with E-state index in [1.54, 1.807) is 13.8 Å². The number of aliphatic carboxylic acids is 1. The summed E-state index contributed by atoms with van der Waals surface area (Å²) < 4.78 is 25.7. The van der Waals surface area contributed by atoms with Crippen LogP contribution in [0.2, 0.25) is 0 Å². The molecular formula is C17H20N2O6S. The molecule has 2 aliphatic heterocycles. The molecule has 2 amide bonds. The van der Waals surface area contributed by atoms with Gasteiger partial charge in [0.25, 0.3) is 21.8 Å². The van der Waals surface area contributed by atoms with E-state index in [4.69, 9.17) is 0 Å². The van der Waals surface area contributed by atoms with E-state index in [9.17, 15) is 27.9 Å². The molecule has 1 saturated heterocycles. The molecule has 2 heterocycles. The van der Waals surface area contributed by atoms with Gasteiger partial charge in [-0.25, -0.2) is 12.7 Å². The molecular weight excluding hydrogens is 360 g/mol. The third kappa shape index (κ3) is 2.66. The van der Waals surface area contributed by atoms with Crippen LogP contribution in [0.4, 0.5) is 0 Å². The number of sulfonamides is 1. The van der Waals surface area contributed by atoms with E-state index in [0.717, 1.165) is 4.31 Å². The minimum Gasteiger partial charge on any atom is -0.481 e. The van der Waals surface area contributed by atoms with Crippen LogP contribution >= 0.6 is 0 Å². The number of amides is 2. The van der Waals surface area contributed by atoms with Gasteiger partial charge >= 0.3 is 5.97 Å². The summed E-state index contributed by atoms with van der Waals surface area (Å²) in [4.78, 5) is 37.7. The fourth-order valence-corrected chi connectivity index (χ4v) is 5.25. The molecule has 0 spiro atoms. The summed E-state index contributed by atoms with van der Waals surface area (Å²) in [5, 5.41) is 9.30. The zero-order valence-corrected chi connectivity index (χ0v) is 15.3. The van der Waals surface area contributed by atoms with Crippen LogP contribution < -0.4 is 0 Å². The molecule has 1 aromatic rings. The number of carbonyl (C=O) groups is 3. The first-order valence-corrected chi connectivity index (χ1v) is 9.89. The van der Waals surface area contributed by atoms with Gasteiger partial charge in [-0.3, -0.25) is 14.4 Å². The number of carboxylic acids is 1. The molecule has 0 radical (unpaired) electrons. The molecule has 1 aromatic carbocycles. The number of piperidine rings is 1. The van der Waals surface area contributed by atoms with Crippen LogP contribution in [0.5, 0.6) is 0 Å². The van der Waals surface area contributed by atoms with Gasteiger partial charge in [-0.2, -0.15) is 0 Å². The summed E-state index contributed by atoms with van der Waals surface area (Å²) in [6.07, 6.45) is 1.07. The Morgan fingerprint density at radius 2 is 2.00 bits per heavy atom. The molecule has 1 fully saturated rings. The van der Waals surface area contributed by atoms with Gasteiger partial charge in [-0.1, -0.05) is 0 Å². The molecule has 1 N–H and O–H groups in total. The predicted octanol–water partition coefficient (Wildman–Crippen LogP) is 1.18. The van der Waals surface area contributed by atoms with Gasteiger partial charge in [0.1, 0.15) is 4.90 Å². The molecule has 0 saturated carbocycles. The highest BCUT2D eigenvalue weighted by Crippen LogP contribution is 2.32. The van der Waals surface area contributed by atoms with E-state index in [1.165, 1.54) is 23.1 Å². The Morgan fingerprint density at radius 3 is 2.62 bits per heavy atom. The van der Waals surface area contributed by atoms with Crippen LogP contribution in [0, 0.1) is 5.92 Å². The van der Waals surface area contributed by atoms with E-state index in [-0.39, 0.29) is 22.6 Å². The van der Waals surface area contributed by atoms with Crippen molar-refractivity contribution in [2.75, 3.05) is 13.1 Å². The number of hydrogen-bond donors (Lipinski definition) is 1. The van der Waals surface area contributed by atoms with Crippen molar-refractivity contribution in [2.45, 2.75) is 37.6 Å². The second-order valence-corrected chi connectivity index (χ2v) is 8.34. The Bertz CT molecular complexity index is 895. The number of hydrogen-bond acceptors (Lipinski definition) is 5. The third-order valence-electron chi connectivity index (χ3n) is 5.11. The largest absolute Gasteiger partial charge is 0.481 e. The predicted molar refractivity (Wildman–Crippen MR) is 91.2 cm³/mol. The number of likely N-dealkylation sites (tertiary alicyclic amines) is 1. The highest BCUT2D eigenvalue weighted by molar-refractivity contribution is 7.90. The van der Waals surface area contributed by atoms with Gasteiger partial charge < -0.3 is 10.0 Å². The zero-order chi connectivity index (χ0) is 19.2. The highest BCUT2D eigenvalue weighted by Gasteiger charge is 2.41. The maximum Gasteiger partial charge on any atom is 0.308 e. The van der Waals surface area contributed by atoms with E-state index in [1.807, 2.05) is 0 Å². The lowest BCUT2D eigenvalue weighted by Gasteiger charge is -2.37. The van der Waals surface area contributed by atoms with Crippen LogP contribution in [-0.2, 0) is 14.8 Å². The number of rotatable bonds is 3. The molecule has 0 bridgehead atoms. The standard InChI is InChI=1S/C17H20N2O6S/c1-3-19-16(21)13-7-6-11(9-14(13)26(19,24)25)15(20)18-8-4-5-12(10(18)2)17(22)23/h6-7,9-10,12H,3-5,8H2,1-2H3,(H,22,23)/t10-,12-/m0/s1. The normalized spacial score (nSPS) is 24.5. The van der Waals surface area contributed by atoms with Gasteiger partial charge in [0.05, 0.1) is 11.5 Å². The average molecular weight is 380 g/mol. The van der Waals surface area contributed by atoms with E-state index in [0.29, 0.717) is 19.4 Å². The third-order valence-corrected chi connectivity index (χ3v) is 7.00. The summed E-state index contributed by atoms with van der Waals surface area (Å²) in [5.41, 5.74) is 0.189. The van der Waals surface area contributed by atoms with Gasteiger partial charge in [-0.15, -0.1) is 0 Å². The second-order valence-electron chi connectivity index (χ2n) is 6.51. The maximum atomic E-state index is 12.9. The first-order chi connectivity index (χ1) is 12.2. The summed E-state index contributed by atoms with van der Waals surface area (Å²) in [6.45, 7) is 3.67. The summed E-state index contributed by atoms with van der Waals surface area (Å²) in [5.74, 6) is -2.62.